The lowest BCUT2D eigenvalue weighted by atomic mass is 10.0. The standard InChI is InChI=1S/C24H21NO3/c1-2-28-24(27)21-10-6-7-11-22(21)25-17-16-23(26)20-14-12-19(13-15-20)18-8-4-3-5-9-18/h3-17,25H,2H2,1H3. The predicted molar refractivity (Wildman–Crippen MR) is 111 cm³/mol. The zero-order valence-electron chi connectivity index (χ0n) is 15.6. The number of para-hydroxylation sites is 1. The van der Waals surface area contributed by atoms with Gasteiger partial charge in [-0.05, 0) is 30.2 Å². The normalized spacial score (nSPS) is 10.6. The Morgan fingerprint density at radius 3 is 2.21 bits per heavy atom. The van der Waals surface area contributed by atoms with Crippen molar-refractivity contribution in [2.75, 3.05) is 11.9 Å². The molecule has 0 unspecified atom stereocenters. The van der Waals surface area contributed by atoms with Crippen LogP contribution in [0, 0.1) is 0 Å². The second kappa shape index (κ2) is 9.33. The Morgan fingerprint density at radius 2 is 1.50 bits per heavy atom. The largest absolute Gasteiger partial charge is 0.462 e. The van der Waals surface area contributed by atoms with Gasteiger partial charge in [-0.15, -0.1) is 0 Å². The van der Waals surface area contributed by atoms with Crippen molar-refractivity contribution in [3.8, 4) is 11.1 Å². The van der Waals surface area contributed by atoms with Crippen LogP contribution in [0.3, 0.4) is 0 Å². The van der Waals surface area contributed by atoms with Crippen molar-refractivity contribution in [3.05, 3.63) is 102 Å². The molecule has 3 aromatic carbocycles. The molecule has 0 aliphatic rings. The molecule has 0 saturated heterocycles. The van der Waals surface area contributed by atoms with Gasteiger partial charge in [0.1, 0.15) is 0 Å². The molecule has 4 nitrogen and oxygen atoms in total. The molecular formula is C24H21NO3. The minimum atomic E-state index is -0.401. The number of rotatable bonds is 7. The first-order valence-corrected chi connectivity index (χ1v) is 9.08. The number of hydrogen-bond donors (Lipinski definition) is 1. The number of carbonyl (C=O) groups is 2. The fraction of sp³-hybridized carbons (Fsp3) is 0.0833. The van der Waals surface area contributed by atoms with E-state index in [4.69, 9.17) is 4.74 Å². The summed E-state index contributed by atoms with van der Waals surface area (Å²) in [7, 11) is 0. The molecule has 0 heterocycles. The van der Waals surface area contributed by atoms with Crippen LogP contribution >= 0.6 is 0 Å². The molecule has 0 fully saturated rings. The maximum Gasteiger partial charge on any atom is 0.340 e. The number of esters is 1. The Hall–Kier alpha value is -3.66. The predicted octanol–water partition coefficient (Wildman–Crippen LogP) is 5.34. The number of hydrogen-bond acceptors (Lipinski definition) is 4. The number of anilines is 1. The second-order valence-electron chi connectivity index (χ2n) is 6.05. The smallest absolute Gasteiger partial charge is 0.340 e. The Kier molecular flexibility index (Phi) is 6.37. The third kappa shape index (κ3) is 4.74. The van der Waals surface area contributed by atoms with Crippen molar-refractivity contribution in [2.45, 2.75) is 6.92 Å². The van der Waals surface area contributed by atoms with E-state index < -0.39 is 5.97 Å². The molecule has 3 rings (SSSR count). The molecule has 0 spiro atoms. The first-order chi connectivity index (χ1) is 13.7. The quantitative estimate of drug-likeness (QED) is 0.346. The van der Waals surface area contributed by atoms with Crippen LogP contribution < -0.4 is 5.32 Å². The Bertz CT molecular complexity index is 976. The fourth-order valence-corrected chi connectivity index (χ4v) is 2.76. The van der Waals surface area contributed by atoms with E-state index in [1.165, 1.54) is 12.3 Å². The lowest BCUT2D eigenvalue weighted by Gasteiger charge is -2.08. The zero-order valence-corrected chi connectivity index (χ0v) is 15.6. The Morgan fingerprint density at radius 1 is 0.857 bits per heavy atom. The van der Waals surface area contributed by atoms with E-state index in [9.17, 15) is 9.59 Å². The van der Waals surface area contributed by atoms with Gasteiger partial charge >= 0.3 is 5.97 Å². The lowest BCUT2D eigenvalue weighted by Crippen LogP contribution is -2.07. The number of benzene rings is 3. The van der Waals surface area contributed by atoms with E-state index in [1.807, 2.05) is 60.7 Å². The van der Waals surface area contributed by atoms with Gasteiger partial charge in [-0.1, -0.05) is 66.7 Å². The van der Waals surface area contributed by atoms with Crippen LogP contribution in [0.25, 0.3) is 11.1 Å². The summed E-state index contributed by atoms with van der Waals surface area (Å²) in [6.45, 7) is 2.07. The topological polar surface area (TPSA) is 55.4 Å². The van der Waals surface area contributed by atoms with Crippen LogP contribution in [0.2, 0.25) is 0 Å². The van der Waals surface area contributed by atoms with E-state index in [0.29, 0.717) is 23.4 Å². The maximum absolute atomic E-state index is 12.4. The third-order valence-corrected chi connectivity index (χ3v) is 4.17. The minimum absolute atomic E-state index is 0.124. The van der Waals surface area contributed by atoms with E-state index in [0.717, 1.165) is 11.1 Å². The summed E-state index contributed by atoms with van der Waals surface area (Å²) >= 11 is 0. The van der Waals surface area contributed by atoms with Gasteiger partial charge in [0, 0.05) is 17.8 Å². The van der Waals surface area contributed by atoms with Gasteiger partial charge in [0.15, 0.2) is 5.78 Å². The molecule has 4 heteroatoms. The van der Waals surface area contributed by atoms with Gasteiger partial charge in [-0.2, -0.15) is 0 Å². The summed E-state index contributed by atoms with van der Waals surface area (Å²) in [4.78, 5) is 24.4. The van der Waals surface area contributed by atoms with Crippen LogP contribution in [-0.2, 0) is 4.74 Å². The fourth-order valence-electron chi connectivity index (χ4n) is 2.76. The molecule has 0 radical (unpaired) electrons. The average Bonchev–Trinajstić information content (AvgIpc) is 2.75. The van der Waals surface area contributed by atoms with Crippen molar-refractivity contribution < 1.29 is 14.3 Å². The van der Waals surface area contributed by atoms with Crippen molar-refractivity contribution in [1.29, 1.82) is 0 Å². The summed E-state index contributed by atoms with van der Waals surface area (Å²) in [5.74, 6) is -0.525. The molecule has 28 heavy (non-hydrogen) atoms. The summed E-state index contributed by atoms with van der Waals surface area (Å²) in [6, 6.07) is 24.5. The van der Waals surface area contributed by atoms with E-state index in [1.54, 1.807) is 25.1 Å². The van der Waals surface area contributed by atoms with Gasteiger partial charge in [0.05, 0.1) is 17.9 Å². The maximum atomic E-state index is 12.4. The zero-order chi connectivity index (χ0) is 19.8. The van der Waals surface area contributed by atoms with Crippen LogP contribution in [-0.4, -0.2) is 18.4 Å². The second-order valence-corrected chi connectivity index (χ2v) is 6.05. The molecule has 0 bridgehead atoms. The monoisotopic (exact) mass is 371 g/mol. The summed E-state index contributed by atoms with van der Waals surface area (Å²) in [6.07, 6.45) is 2.98. The molecule has 0 aliphatic carbocycles. The third-order valence-electron chi connectivity index (χ3n) is 4.17. The van der Waals surface area contributed by atoms with Crippen molar-refractivity contribution in [3.63, 3.8) is 0 Å². The lowest BCUT2D eigenvalue weighted by molar-refractivity contribution is 0.0527. The molecule has 0 aromatic heterocycles. The Balaban J connectivity index is 1.67. The molecular weight excluding hydrogens is 350 g/mol. The van der Waals surface area contributed by atoms with E-state index in [-0.39, 0.29) is 5.78 Å². The number of ether oxygens (including phenoxy) is 1. The average molecular weight is 371 g/mol. The highest BCUT2D eigenvalue weighted by molar-refractivity contribution is 6.05. The first kappa shape index (κ1) is 19.1. The van der Waals surface area contributed by atoms with E-state index >= 15 is 0 Å². The number of nitrogens with one attached hydrogen (secondary N) is 1. The van der Waals surface area contributed by atoms with Gasteiger partial charge in [0.2, 0.25) is 0 Å². The van der Waals surface area contributed by atoms with E-state index in [2.05, 4.69) is 5.32 Å². The summed E-state index contributed by atoms with van der Waals surface area (Å²) in [5, 5.41) is 2.99. The van der Waals surface area contributed by atoms with Crippen LogP contribution in [0.4, 0.5) is 5.69 Å². The molecule has 140 valence electrons. The SMILES string of the molecule is CCOC(=O)c1ccccc1NC=CC(=O)c1ccc(-c2ccccc2)cc1. The summed E-state index contributed by atoms with van der Waals surface area (Å²) < 4.78 is 5.04. The number of carbonyl (C=O) groups excluding carboxylic acids is 2. The molecule has 0 saturated carbocycles. The van der Waals surface area contributed by atoms with Crippen LogP contribution in [0.5, 0.6) is 0 Å². The number of allylic oxidation sites excluding steroid dienone is 1. The molecule has 0 aliphatic heterocycles. The molecule has 0 atom stereocenters. The highest BCUT2D eigenvalue weighted by atomic mass is 16.5. The van der Waals surface area contributed by atoms with Crippen molar-refractivity contribution in [1.82, 2.24) is 0 Å². The van der Waals surface area contributed by atoms with Gasteiger partial charge in [0.25, 0.3) is 0 Å². The highest BCUT2D eigenvalue weighted by Crippen LogP contribution is 2.20. The summed E-state index contributed by atoms with van der Waals surface area (Å²) in [5.41, 5.74) is 3.77. The molecule has 0 amide bonds. The molecule has 1 N–H and O–H groups in total. The Labute approximate surface area is 164 Å². The van der Waals surface area contributed by atoms with Crippen LogP contribution in [0.1, 0.15) is 27.6 Å². The minimum Gasteiger partial charge on any atom is -0.462 e. The highest BCUT2D eigenvalue weighted by Gasteiger charge is 2.10. The number of ketones is 1. The van der Waals surface area contributed by atoms with Crippen molar-refractivity contribution >= 4 is 17.4 Å². The van der Waals surface area contributed by atoms with Gasteiger partial charge in [-0.25, -0.2) is 4.79 Å². The van der Waals surface area contributed by atoms with Gasteiger partial charge in [-0.3, -0.25) is 4.79 Å². The molecule has 3 aromatic rings. The van der Waals surface area contributed by atoms with Crippen LogP contribution in [0.15, 0.2) is 91.1 Å². The van der Waals surface area contributed by atoms with Gasteiger partial charge < -0.3 is 10.1 Å². The first-order valence-electron chi connectivity index (χ1n) is 9.08. The van der Waals surface area contributed by atoms with Crippen molar-refractivity contribution in [2.24, 2.45) is 0 Å².